The summed E-state index contributed by atoms with van der Waals surface area (Å²) in [6.45, 7) is 0. The normalized spacial score (nSPS) is 11.4. The van der Waals surface area contributed by atoms with Gasteiger partial charge in [0, 0.05) is 6.20 Å². The van der Waals surface area contributed by atoms with Gasteiger partial charge in [-0.15, -0.1) is 11.3 Å². The number of hydrogen-bond donors (Lipinski definition) is 2. The summed E-state index contributed by atoms with van der Waals surface area (Å²) in [5.41, 5.74) is 9.69. The van der Waals surface area contributed by atoms with Crippen LogP contribution in [0.3, 0.4) is 0 Å². The van der Waals surface area contributed by atoms with Crippen molar-refractivity contribution in [2.24, 2.45) is 0 Å². The first-order valence-corrected chi connectivity index (χ1v) is 6.73. The van der Waals surface area contributed by atoms with Crippen molar-refractivity contribution in [1.29, 1.82) is 0 Å². The van der Waals surface area contributed by atoms with Gasteiger partial charge in [0.15, 0.2) is 5.82 Å². The third-order valence-corrected chi connectivity index (χ3v) is 4.25. The molecule has 0 aliphatic heterocycles. The van der Waals surface area contributed by atoms with Crippen LogP contribution in [0.4, 0.5) is 5.69 Å². The summed E-state index contributed by atoms with van der Waals surface area (Å²) in [6, 6.07) is 11.9. The van der Waals surface area contributed by atoms with Crippen LogP contribution in [0, 0.1) is 0 Å². The maximum absolute atomic E-state index is 6.18. The van der Waals surface area contributed by atoms with Gasteiger partial charge in [-0.2, -0.15) is 0 Å². The van der Waals surface area contributed by atoms with Gasteiger partial charge in [0.25, 0.3) is 0 Å². The summed E-state index contributed by atoms with van der Waals surface area (Å²) in [5.74, 6) is 0.807. The summed E-state index contributed by atoms with van der Waals surface area (Å²) >= 11 is 1.61. The molecule has 0 aliphatic carbocycles. The van der Waals surface area contributed by atoms with Crippen LogP contribution in [0.15, 0.2) is 42.6 Å². The number of nitrogens with one attached hydrogen (secondary N) is 1. The number of aromatic amines is 1. The number of thiophene rings is 1. The molecule has 0 radical (unpaired) electrons. The standard InChI is InChI=1S/C14H10N4S/c15-11-12-10(6-3-7-16-12)19-13(11)14-17-8-4-1-2-5-9(8)18-14/h1-7H,15H2,(H,17,18). The Bertz CT molecular complexity index is 858. The second-order valence-corrected chi connectivity index (χ2v) is 5.35. The van der Waals surface area contributed by atoms with E-state index in [2.05, 4.69) is 15.0 Å². The van der Waals surface area contributed by atoms with Gasteiger partial charge in [0.05, 0.1) is 26.3 Å². The van der Waals surface area contributed by atoms with Crippen LogP contribution in [0.2, 0.25) is 0 Å². The Morgan fingerprint density at radius 1 is 1.11 bits per heavy atom. The fourth-order valence-corrected chi connectivity index (χ4v) is 3.21. The maximum Gasteiger partial charge on any atom is 0.150 e. The van der Waals surface area contributed by atoms with Crippen molar-refractivity contribution in [3.63, 3.8) is 0 Å². The molecule has 0 saturated carbocycles. The van der Waals surface area contributed by atoms with Crippen molar-refractivity contribution in [2.75, 3.05) is 5.73 Å². The van der Waals surface area contributed by atoms with Gasteiger partial charge in [-0.1, -0.05) is 12.1 Å². The van der Waals surface area contributed by atoms with E-state index < -0.39 is 0 Å². The Morgan fingerprint density at radius 3 is 2.84 bits per heavy atom. The number of benzene rings is 1. The van der Waals surface area contributed by atoms with Crippen molar-refractivity contribution in [1.82, 2.24) is 15.0 Å². The van der Waals surface area contributed by atoms with Gasteiger partial charge in [-0.25, -0.2) is 4.98 Å². The smallest absolute Gasteiger partial charge is 0.150 e. The van der Waals surface area contributed by atoms with E-state index in [0.29, 0.717) is 5.69 Å². The molecule has 0 aliphatic rings. The first-order valence-electron chi connectivity index (χ1n) is 5.91. The molecule has 0 fully saturated rings. The molecule has 4 rings (SSSR count). The number of anilines is 1. The number of imidazole rings is 1. The average molecular weight is 266 g/mol. The molecule has 4 nitrogen and oxygen atoms in total. The minimum Gasteiger partial charge on any atom is -0.396 e. The van der Waals surface area contributed by atoms with E-state index in [1.807, 2.05) is 36.4 Å². The van der Waals surface area contributed by atoms with Gasteiger partial charge in [0.1, 0.15) is 5.52 Å². The molecule has 0 bridgehead atoms. The Hall–Kier alpha value is -2.40. The number of aromatic nitrogens is 3. The Labute approximate surface area is 112 Å². The Morgan fingerprint density at radius 2 is 2.00 bits per heavy atom. The van der Waals surface area contributed by atoms with E-state index in [0.717, 1.165) is 32.0 Å². The molecule has 5 heteroatoms. The van der Waals surface area contributed by atoms with Gasteiger partial charge in [0.2, 0.25) is 0 Å². The number of nitrogen functional groups attached to an aromatic ring is 1. The zero-order valence-electron chi connectivity index (χ0n) is 9.92. The second kappa shape index (κ2) is 3.80. The Kier molecular flexibility index (Phi) is 2.10. The predicted molar refractivity (Wildman–Crippen MR) is 79.1 cm³/mol. The molecule has 0 saturated heterocycles. The molecular weight excluding hydrogens is 256 g/mol. The van der Waals surface area contributed by atoms with E-state index in [1.165, 1.54) is 0 Å². The first kappa shape index (κ1) is 10.5. The summed E-state index contributed by atoms with van der Waals surface area (Å²) in [7, 11) is 0. The molecule has 0 amide bonds. The topological polar surface area (TPSA) is 67.6 Å². The predicted octanol–water partition coefficient (Wildman–Crippen LogP) is 3.42. The summed E-state index contributed by atoms with van der Waals surface area (Å²) in [6.07, 6.45) is 1.76. The lowest BCUT2D eigenvalue weighted by Crippen LogP contribution is -1.87. The quantitative estimate of drug-likeness (QED) is 0.554. The highest BCUT2D eigenvalue weighted by molar-refractivity contribution is 7.23. The number of H-pyrrole nitrogens is 1. The third kappa shape index (κ3) is 1.52. The first-order chi connectivity index (χ1) is 9.33. The third-order valence-electron chi connectivity index (χ3n) is 3.09. The van der Waals surface area contributed by atoms with Crippen molar-refractivity contribution in [3.05, 3.63) is 42.6 Å². The Balaban J connectivity index is 2.01. The molecule has 3 N–H and O–H groups in total. The van der Waals surface area contributed by atoms with Crippen molar-refractivity contribution < 1.29 is 0 Å². The molecule has 0 spiro atoms. The number of hydrogen-bond acceptors (Lipinski definition) is 4. The van der Waals surface area contributed by atoms with Crippen LogP contribution >= 0.6 is 11.3 Å². The van der Waals surface area contributed by atoms with E-state index in [9.17, 15) is 0 Å². The monoisotopic (exact) mass is 266 g/mol. The van der Waals surface area contributed by atoms with E-state index in [-0.39, 0.29) is 0 Å². The zero-order valence-corrected chi connectivity index (χ0v) is 10.7. The lowest BCUT2D eigenvalue weighted by Gasteiger charge is -1.93. The van der Waals surface area contributed by atoms with E-state index in [4.69, 9.17) is 5.73 Å². The lowest BCUT2D eigenvalue weighted by molar-refractivity contribution is 1.36. The second-order valence-electron chi connectivity index (χ2n) is 4.30. The molecule has 0 unspecified atom stereocenters. The largest absolute Gasteiger partial charge is 0.396 e. The van der Waals surface area contributed by atoms with Crippen LogP contribution in [0.5, 0.6) is 0 Å². The number of rotatable bonds is 1. The highest BCUT2D eigenvalue weighted by Crippen LogP contribution is 2.38. The highest BCUT2D eigenvalue weighted by Gasteiger charge is 2.14. The van der Waals surface area contributed by atoms with Crippen LogP contribution in [0.1, 0.15) is 0 Å². The SMILES string of the molecule is Nc1c(-c2nc3ccccc3[nH]2)sc2cccnc12. The van der Waals surface area contributed by atoms with Crippen molar-refractivity contribution >= 4 is 38.3 Å². The molecule has 92 valence electrons. The summed E-state index contributed by atoms with van der Waals surface area (Å²) < 4.78 is 1.08. The molecular formula is C14H10N4S. The number of nitrogens with two attached hydrogens (primary N) is 1. The van der Waals surface area contributed by atoms with E-state index >= 15 is 0 Å². The molecule has 3 heterocycles. The average Bonchev–Trinajstić information content (AvgIpc) is 3.00. The minimum atomic E-state index is 0.694. The molecule has 1 aromatic carbocycles. The number of para-hydroxylation sites is 2. The lowest BCUT2D eigenvalue weighted by atomic mass is 10.3. The van der Waals surface area contributed by atoms with Crippen LogP contribution in [0.25, 0.3) is 32.0 Å². The number of pyridine rings is 1. The number of fused-ring (bicyclic) bond motifs is 2. The van der Waals surface area contributed by atoms with Gasteiger partial charge < -0.3 is 10.7 Å². The van der Waals surface area contributed by atoms with Gasteiger partial charge >= 0.3 is 0 Å². The molecule has 0 atom stereocenters. The summed E-state index contributed by atoms with van der Waals surface area (Å²) in [4.78, 5) is 13.2. The number of nitrogens with zero attached hydrogens (tertiary/aromatic N) is 2. The fourth-order valence-electron chi connectivity index (χ4n) is 2.18. The van der Waals surface area contributed by atoms with Crippen LogP contribution in [-0.2, 0) is 0 Å². The van der Waals surface area contributed by atoms with Crippen molar-refractivity contribution in [2.45, 2.75) is 0 Å². The maximum atomic E-state index is 6.18. The summed E-state index contributed by atoms with van der Waals surface area (Å²) in [5, 5.41) is 0. The van der Waals surface area contributed by atoms with Gasteiger partial charge in [-0.05, 0) is 24.3 Å². The van der Waals surface area contributed by atoms with Crippen molar-refractivity contribution in [3.8, 4) is 10.7 Å². The minimum absolute atomic E-state index is 0.694. The van der Waals surface area contributed by atoms with Crippen LogP contribution < -0.4 is 5.73 Å². The fraction of sp³-hybridized carbons (Fsp3) is 0. The van der Waals surface area contributed by atoms with Gasteiger partial charge in [-0.3, -0.25) is 4.98 Å². The zero-order chi connectivity index (χ0) is 12.8. The molecule has 4 aromatic rings. The highest BCUT2D eigenvalue weighted by atomic mass is 32.1. The van der Waals surface area contributed by atoms with E-state index in [1.54, 1.807) is 17.5 Å². The van der Waals surface area contributed by atoms with Crippen LogP contribution in [-0.4, -0.2) is 15.0 Å². The molecule has 3 aromatic heterocycles. The molecule has 19 heavy (non-hydrogen) atoms.